The predicted octanol–water partition coefficient (Wildman–Crippen LogP) is 7.85. The van der Waals surface area contributed by atoms with E-state index >= 15 is 0 Å². The smallest absolute Gasteiger partial charge is 0.130 e. The molecule has 3 aliphatic heterocycles. The van der Waals surface area contributed by atoms with E-state index in [0.717, 1.165) is 39.5 Å². The second kappa shape index (κ2) is 13.9. The van der Waals surface area contributed by atoms with Crippen LogP contribution in [0.25, 0.3) is 0 Å². The zero-order valence-corrected chi connectivity index (χ0v) is 29.4. The SMILES string of the molecule is CCCCCc1cccc(OCc2ccc(C)cc2)c1C1=NC(C2SCC(C(O)C(C)(C)C3=NC(C)(C)CS3)N2C)CS1. The molecule has 43 heavy (non-hydrogen) atoms. The molecule has 3 heterocycles. The standard InChI is InChI=1S/C35H49N3O2S3/c1-8-9-10-12-25-13-11-14-28(40-19-24-17-15-23(2)16-18-24)29(25)31-36-26(20-41-31)32-38(7)27(21-42-32)30(39)35(5,6)33-37-34(3,4)22-43-33/h11,13-18,26-27,30,32,39H,8-10,12,19-22H2,1-7H3. The zero-order valence-electron chi connectivity index (χ0n) is 26.9. The number of benzene rings is 2. The average molecular weight is 640 g/mol. The van der Waals surface area contributed by atoms with Gasteiger partial charge in [0.1, 0.15) is 17.4 Å². The van der Waals surface area contributed by atoms with Crippen LogP contribution in [0.2, 0.25) is 0 Å². The van der Waals surface area contributed by atoms with E-state index in [2.05, 4.69) is 96.0 Å². The maximum Gasteiger partial charge on any atom is 0.130 e. The monoisotopic (exact) mass is 639 g/mol. The highest BCUT2D eigenvalue weighted by Crippen LogP contribution is 2.44. The lowest BCUT2D eigenvalue weighted by Gasteiger charge is -2.38. The van der Waals surface area contributed by atoms with E-state index in [9.17, 15) is 5.11 Å². The van der Waals surface area contributed by atoms with E-state index < -0.39 is 6.10 Å². The maximum absolute atomic E-state index is 11.7. The summed E-state index contributed by atoms with van der Waals surface area (Å²) in [5, 5.41) is 14.1. The number of likely N-dealkylation sites (N-methyl/N-ethyl adjacent to an activating group) is 1. The van der Waals surface area contributed by atoms with Crippen molar-refractivity contribution < 1.29 is 9.84 Å². The first-order chi connectivity index (χ1) is 20.5. The second-order valence-electron chi connectivity index (χ2n) is 13.5. The molecule has 0 saturated carbocycles. The fourth-order valence-electron chi connectivity index (χ4n) is 6.07. The Balaban J connectivity index is 1.34. The number of aliphatic hydroxyl groups excluding tert-OH is 1. The first-order valence-corrected chi connectivity index (χ1v) is 18.8. The lowest BCUT2D eigenvalue weighted by atomic mass is 9.83. The van der Waals surface area contributed by atoms with Crippen LogP contribution in [-0.2, 0) is 13.0 Å². The molecule has 4 atom stereocenters. The van der Waals surface area contributed by atoms with E-state index in [4.69, 9.17) is 14.7 Å². The minimum absolute atomic E-state index is 0.0580. The molecule has 234 valence electrons. The van der Waals surface area contributed by atoms with Crippen molar-refractivity contribution in [2.45, 2.75) is 103 Å². The molecule has 5 nitrogen and oxygen atoms in total. The van der Waals surface area contributed by atoms with Crippen molar-refractivity contribution in [1.29, 1.82) is 0 Å². The van der Waals surface area contributed by atoms with Gasteiger partial charge in [-0.1, -0.05) is 75.6 Å². The van der Waals surface area contributed by atoms with Crippen molar-refractivity contribution >= 4 is 45.4 Å². The summed E-state index contributed by atoms with van der Waals surface area (Å²) in [7, 11) is 2.18. The highest BCUT2D eigenvalue weighted by molar-refractivity contribution is 8.15. The van der Waals surface area contributed by atoms with Gasteiger partial charge in [0.25, 0.3) is 0 Å². The Labute approximate surface area is 272 Å². The van der Waals surface area contributed by atoms with E-state index in [1.807, 2.05) is 35.3 Å². The summed E-state index contributed by atoms with van der Waals surface area (Å²) in [4.78, 5) is 12.8. The summed E-state index contributed by atoms with van der Waals surface area (Å²) in [6.07, 6.45) is 4.14. The van der Waals surface area contributed by atoms with Crippen LogP contribution in [0.4, 0.5) is 0 Å². The quantitative estimate of drug-likeness (QED) is 0.239. The molecule has 1 N–H and O–H groups in total. The van der Waals surface area contributed by atoms with Gasteiger partial charge in [-0.2, -0.15) is 0 Å². The van der Waals surface area contributed by atoms with Crippen molar-refractivity contribution in [2.24, 2.45) is 15.4 Å². The largest absolute Gasteiger partial charge is 0.488 e. The number of rotatable bonds is 12. The first kappa shape index (κ1) is 32.9. The molecule has 3 aliphatic rings. The van der Waals surface area contributed by atoms with Crippen molar-refractivity contribution in [3.05, 3.63) is 64.7 Å². The van der Waals surface area contributed by atoms with Gasteiger partial charge in [0, 0.05) is 28.7 Å². The van der Waals surface area contributed by atoms with Crippen LogP contribution in [0, 0.1) is 12.3 Å². The molecule has 0 radical (unpaired) electrons. The number of unbranched alkanes of at least 4 members (excludes halogenated alkanes) is 2. The number of hydrogen-bond acceptors (Lipinski definition) is 8. The molecule has 4 unspecified atom stereocenters. The summed E-state index contributed by atoms with van der Waals surface area (Å²) in [5.74, 6) is 3.75. The van der Waals surface area contributed by atoms with Crippen LogP contribution in [-0.4, -0.2) is 73.5 Å². The normalized spacial score (nSPS) is 24.7. The molecule has 1 fully saturated rings. The molecule has 2 aromatic rings. The fraction of sp³-hybridized carbons (Fsp3) is 0.600. The summed E-state index contributed by atoms with van der Waals surface area (Å²) in [5.41, 5.74) is 4.51. The molecule has 0 aromatic heterocycles. The molecular formula is C35H49N3O2S3. The van der Waals surface area contributed by atoms with Gasteiger partial charge in [0.05, 0.1) is 33.7 Å². The molecule has 0 spiro atoms. The lowest BCUT2D eigenvalue weighted by Crippen LogP contribution is -2.51. The van der Waals surface area contributed by atoms with Gasteiger partial charge in [0.15, 0.2) is 0 Å². The first-order valence-electron chi connectivity index (χ1n) is 15.8. The lowest BCUT2D eigenvalue weighted by molar-refractivity contribution is 0.0211. The molecule has 1 saturated heterocycles. The Morgan fingerprint density at radius 3 is 2.56 bits per heavy atom. The van der Waals surface area contributed by atoms with Crippen LogP contribution in [0.1, 0.15) is 76.1 Å². The Hall–Kier alpha value is -1.45. The van der Waals surface area contributed by atoms with Gasteiger partial charge < -0.3 is 9.84 Å². The third-order valence-corrected chi connectivity index (χ3v) is 13.2. The van der Waals surface area contributed by atoms with Gasteiger partial charge >= 0.3 is 0 Å². The van der Waals surface area contributed by atoms with Gasteiger partial charge in [-0.3, -0.25) is 14.9 Å². The maximum atomic E-state index is 11.7. The molecule has 0 aliphatic carbocycles. The predicted molar refractivity (Wildman–Crippen MR) is 190 cm³/mol. The van der Waals surface area contributed by atoms with Gasteiger partial charge in [0.2, 0.25) is 0 Å². The van der Waals surface area contributed by atoms with Crippen LogP contribution in [0.15, 0.2) is 52.4 Å². The minimum Gasteiger partial charge on any atom is -0.488 e. The minimum atomic E-state index is -0.492. The van der Waals surface area contributed by atoms with E-state index in [-0.39, 0.29) is 28.4 Å². The van der Waals surface area contributed by atoms with Gasteiger partial charge in [-0.25, -0.2) is 0 Å². The number of aliphatic hydroxyl groups is 1. The Bertz CT molecular complexity index is 1320. The average Bonchev–Trinajstić information content (AvgIpc) is 3.70. The Morgan fingerprint density at radius 2 is 1.86 bits per heavy atom. The molecule has 2 aromatic carbocycles. The van der Waals surface area contributed by atoms with E-state index in [1.165, 1.54) is 41.5 Å². The summed E-state index contributed by atoms with van der Waals surface area (Å²) in [6, 6.07) is 15.3. The van der Waals surface area contributed by atoms with E-state index in [0.29, 0.717) is 6.61 Å². The van der Waals surface area contributed by atoms with Crippen molar-refractivity contribution in [2.75, 3.05) is 24.3 Å². The van der Waals surface area contributed by atoms with Crippen molar-refractivity contribution in [3.63, 3.8) is 0 Å². The third kappa shape index (κ3) is 7.51. The third-order valence-electron chi connectivity index (χ3n) is 8.88. The van der Waals surface area contributed by atoms with Crippen molar-refractivity contribution in [1.82, 2.24) is 4.90 Å². The van der Waals surface area contributed by atoms with Crippen LogP contribution in [0.5, 0.6) is 5.75 Å². The number of thioether (sulfide) groups is 3. The Kier molecular flexibility index (Phi) is 10.6. The number of ether oxygens (including phenoxy) is 1. The highest BCUT2D eigenvalue weighted by Gasteiger charge is 2.48. The summed E-state index contributed by atoms with van der Waals surface area (Å²) < 4.78 is 6.50. The van der Waals surface area contributed by atoms with Crippen molar-refractivity contribution in [3.8, 4) is 5.75 Å². The second-order valence-corrected chi connectivity index (χ2v) is 16.6. The summed E-state index contributed by atoms with van der Waals surface area (Å²) in [6.45, 7) is 13.6. The molecular weight excluding hydrogens is 591 g/mol. The topological polar surface area (TPSA) is 57.4 Å². The molecule has 0 bridgehead atoms. The fourth-order valence-corrected chi connectivity index (χ4v) is 10.3. The summed E-state index contributed by atoms with van der Waals surface area (Å²) >= 11 is 5.61. The van der Waals surface area contributed by atoms with Crippen LogP contribution >= 0.6 is 35.3 Å². The van der Waals surface area contributed by atoms with Gasteiger partial charge in [-0.05, 0) is 57.9 Å². The van der Waals surface area contributed by atoms with Crippen LogP contribution in [0.3, 0.4) is 0 Å². The number of nitrogens with zero attached hydrogens (tertiary/aromatic N) is 3. The van der Waals surface area contributed by atoms with Crippen LogP contribution < -0.4 is 4.74 Å². The molecule has 0 amide bonds. The van der Waals surface area contributed by atoms with E-state index in [1.54, 1.807) is 0 Å². The number of aliphatic imine (C=N–C) groups is 2. The Morgan fingerprint density at radius 1 is 1.09 bits per heavy atom. The zero-order chi connectivity index (χ0) is 30.8. The molecule has 5 rings (SSSR count). The number of aryl methyl sites for hydroxylation is 2. The number of hydrogen-bond donors (Lipinski definition) is 1. The molecule has 8 heteroatoms. The highest BCUT2D eigenvalue weighted by atomic mass is 32.2. The van der Waals surface area contributed by atoms with Gasteiger partial charge in [-0.15, -0.1) is 35.3 Å².